The van der Waals surface area contributed by atoms with Crippen LogP contribution in [0.15, 0.2) is 0 Å². The molecule has 0 aromatic heterocycles. The highest BCUT2D eigenvalue weighted by atomic mass is 16.7. The first kappa shape index (κ1) is 49.8. The van der Waals surface area contributed by atoms with Crippen LogP contribution in [0.5, 0.6) is 0 Å². The van der Waals surface area contributed by atoms with Gasteiger partial charge < -0.3 is 38.5 Å². The molecule has 15 atom stereocenters. The standard InChI is InChI=1S/C48H77NO13/c1-27(2)13-12-14-28(3)38-17-18-39-37-16-15-35-23-36(19-21-46(35,10)40(37)20-22-47(38,39)11)49-26-48(61-34(9)55)24-41(57-30(5)51)43(59-32(7)53)45(62-48)44(60-33(8)54)42(58-31(6)52)25-56-29(4)50/h27-28,35-45,49H,12-26H2,1-11H3/t28-,35?,36-,37+,38-,39+,40+,41+,42+,43-,44-,45-,46+,47-,48+/m1/s1. The number of carbonyl (C=O) groups is 6. The van der Waals surface area contributed by atoms with E-state index in [9.17, 15) is 28.8 Å². The molecule has 4 aliphatic carbocycles. The van der Waals surface area contributed by atoms with Crippen LogP contribution >= 0.6 is 0 Å². The normalized spacial score (nSPS) is 36.7. The largest absolute Gasteiger partial charge is 0.462 e. The molecule has 0 amide bonds. The summed E-state index contributed by atoms with van der Waals surface area (Å²) in [5.41, 5.74) is 0.654. The molecular weight excluding hydrogens is 799 g/mol. The Morgan fingerprint density at radius 1 is 0.710 bits per heavy atom. The average Bonchev–Trinajstić information content (AvgIpc) is 3.52. The van der Waals surface area contributed by atoms with Crippen molar-refractivity contribution in [2.24, 2.45) is 52.3 Å². The Kier molecular flexibility index (Phi) is 16.6. The second-order valence-electron chi connectivity index (χ2n) is 20.6. The van der Waals surface area contributed by atoms with Gasteiger partial charge in [0.25, 0.3) is 0 Å². The summed E-state index contributed by atoms with van der Waals surface area (Å²) >= 11 is 0. The summed E-state index contributed by atoms with van der Waals surface area (Å²) < 4.78 is 40.5. The van der Waals surface area contributed by atoms with Gasteiger partial charge in [-0.3, -0.25) is 28.8 Å². The summed E-state index contributed by atoms with van der Waals surface area (Å²) in [5.74, 6) is -1.23. The van der Waals surface area contributed by atoms with Crippen molar-refractivity contribution in [1.82, 2.24) is 5.32 Å². The monoisotopic (exact) mass is 876 g/mol. The molecule has 14 heteroatoms. The van der Waals surface area contributed by atoms with Gasteiger partial charge in [0.1, 0.15) is 18.8 Å². The number of carbonyl (C=O) groups excluding carboxylic acids is 6. The summed E-state index contributed by atoms with van der Waals surface area (Å²) in [7, 11) is 0. The van der Waals surface area contributed by atoms with Gasteiger partial charge in [-0.25, -0.2) is 0 Å². The molecule has 0 spiro atoms. The van der Waals surface area contributed by atoms with E-state index in [0.717, 1.165) is 76.5 Å². The van der Waals surface area contributed by atoms with Crippen molar-refractivity contribution in [3.8, 4) is 0 Å². The van der Waals surface area contributed by atoms with E-state index in [0.29, 0.717) is 17.3 Å². The molecule has 4 saturated carbocycles. The molecule has 1 unspecified atom stereocenters. The number of fused-ring (bicyclic) bond motifs is 5. The van der Waals surface area contributed by atoms with Crippen molar-refractivity contribution >= 4 is 35.8 Å². The van der Waals surface area contributed by atoms with E-state index in [1.54, 1.807) is 0 Å². The maximum atomic E-state index is 12.9. The molecule has 62 heavy (non-hydrogen) atoms. The maximum Gasteiger partial charge on any atom is 0.305 e. The quantitative estimate of drug-likeness (QED) is 0.113. The molecule has 14 nitrogen and oxygen atoms in total. The van der Waals surface area contributed by atoms with E-state index in [2.05, 4.69) is 39.9 Å². The van der Waals surface area contributed by atoms with Crippen LogP contribution in [0.3, 0.4) is 0 Å². The highest BCUT2D eigenvalue weighted by molar-refractivity contribution is 5.69. The lowest BCUT2D eigenvalue weighted by atomic mass is 9.44. The molecule has 1 heterocycles. The van der Waals surface area contributed by atoms with Crippen LogP contribution in [-0.2, 0) is 61.9 Å². The maximum absolute atomic E-state index is 12.9. The van der Waals surface area contributed by atoms with Crippen molar-refractivity contribution < 1.29 is 61.9 Å². The van der Waals surface area contributed by atoms with Gasteiger partial charge >= 0.3 is 35.8 Å². The SMILES string of the molecule is CC(=O)OC[C@H](OC(C)=O)[C@@H](OC(C)=O)[C@@H]1O[C@@](CN[C@@H]2CC[C@@]3(C)C(CC[C@H]4[C@@H]5CC[C@H]([C@H](C)CCCC(C)C)[C@@]5(C)CC[C@@H]43)C2)(OC(C)=O)C[C@H](OC(C)=O)[C@H]1OC(C)=O. The van der Waals surface area contributed by atoms with Gasteiger partial charge in [0.15, 0.2) is 18.3 Å². The van der Waals surface area contributed by atoms with Crippen LogP contribution in [0.4, 0.5) is 0 Å². The molecule has 0 bridgehead atoms. The highest BCUT2D eigenvalue weighted by Crippen LogP contribution is 2.68. The minimum atomic E-state index is -1.83. The van der Waals surface area contributed by atoms with Gasteiger partial charge in [-0.1, -0.05) is 53.9 Å². The Morgan fingerprint density at radius 3 is 1.98 bits per heavy atom. The lowest BCUT2D eigenvalue weighted by Gasteiger charge is -2.61. The van der Waals surface area contributed by atoms with Gasteiger partial charge in [-0.15, -0.1) is 0 Å². The zero-order valence-corrected chi connectivity index (χ0v) is 39.4. The fourth-order valence-corrected chi connectivity index (χ4v) is 13.3. The summed E-state index contributed by atoms with van der Waals surface area (Å²) in [5, 5.41) is 3.66. The second-order valence-corrected chi connectivity index (χ2v) is 20.6. The number of nitrogens with one attached hydrogen (secondary N) is 1. The molecule has 0 radical (unpaired) electrons. The summed E-state index contributed by atoms with van der Waals surface area (Å²) in [4.78, 5) is 75.0. The smallest absolute Gasteiger partial charge is 0.305 e. The minimum absolute atomic E-state index is 0.0417. The van der Waals surface area contributed by atoms with Crippen LogP contribution in [0, 0.1) is 52.3 Å². The summed E-state index contributed by atoms with van der Waals surface area (Å²) in [6.07, 6.45) is 7.15. The van der Waals surface area contributed by atoms with Gasteiger partial charge in [0, 0.05) is 47.6 Å². The third-order valence-electron chi connectivity index (χ3n) is 15.8. The molecule has 352 valence electrons. The fraction of sp³-hybridized carbons (Fsp3) is 0.875. The second kappa shape index (κ2) is 20.7. The van der Waals surface area contributed by atoms with Crippen molar-refractivity contribution in [1.29, 1.82) is 0 Å². The molecule has 1 aliphatic heterocycles. The van der Waals surface area contributed by atoms with Crippen molar-refractivity contribution in [3.63, 3.8) is 0 Å². The van der Waals surface area contributed by atoms with Crippen LogP contribution in [0.25, 0.3) is 0 Å². The third-order valence-corrected chi connectivity index (χ3v) is 15.8. The molecule has 5 rings (SSSR count). The number of hydrogen-bond acceptors (Lipinski definition) is 14. The number of ether oxygens (including phenoxy) is 7. The fourth-order valence-electron chi connectivity index (χ4n) is 13.3. The predicted molar refractivity (Wildman–Crippen MR) is 228 cm³/mol. The molecule has 0 aromatic carbocycles. The van der Waals surface area contributed by atoms with Gasteiger partial charge in [0.2, 0.25) is 5.79 Å². The van der Waals surface area contributed by atoms with Crippen molar-refractivity contribution in [2.75, 3.05) is 13.2 Å². The van der Waals surface area contributed by atoms with E-state index in [1.165, 1.54) is 71.6 Å². The Bertz CT molecular complexity index is 1620. The van der Waals surface area contributed by atoms with E-state index in [-0.39, 0.29) is 24.4 Å². The van der Waals surface area contributed by atoms with Crippen molar-refractivity contribution in [2.45, 2.75) is 202 Å². The van der Waals surface area contributed by atoms with E-state index < -0.39 is 78.7 Å². The molecular formula is C48H77NO13. The van der Waals surface area contributed by atoms with Crippen LogP contribution in [0.2, 0.25) is 0 Å². The molecule has 5 aliphatic rings. The Labute approximate surface area is 369 Å². The van der Waals surface area contributed by atoms with E-state index >= 15 is 0 Å². The van der Waals surface area contributed by atoms with E-state index in [4.69, 9.17) is 33.2 Å². The number of esters is 6. The van der Waals surface area contributed by atoms with Crippen LogP contribution in [-0.4, -0.2) is 91.3 Å². The zero-order chi connectivity index (χ0) is 45.7. The van der Waals surface area contributed by atoms with Gasteiger partial charge in [-0.05, 0) is 110 Å². The third kappa shape index (κ3) is 11.7. The Hall–Kier alpha value is -3.26. The first-order valence-corrected chi connectivity index (χ1v) is 23.5. The van der Waals surface area contributed by atoms with Gasteiger partial charge in [-0.2, -0.15) is 0 Å². The van der Waals surface area contributed by atoms with E-state index in [1.807, 2.05) is 0 Å². The Balaban J connectivity index is 1.36. The predicted octanol–water partition coefficient (Wildman–Crippen LogP) is 7.40. The Morgan fingerprint density at radius 2 is 1.37 bits per heavy atom. The van der Waals surface area contributed by atoms with Gasteiger partial charge in [0.05, 0.1) is 13.0 Å². The zero-order valence-electron chi connectivity index (χ0n) is 39.4. The highest BCUT2D eigenvalue weighted by Gasteiger charge is 2.61. The van der Waals surface area contributed by atoms with Crippen molar-refractivity contribution in [3.05, 3.63) is 0 Å². The lowest BCUT2D eigenvalue weighted by molar-refractivity contribution is -0.325. The summed E-state index contributed by atoms with van der Waals surface area (Å²) in [6.45, 7) is 18.7. The van der Waals surface area contributed by atoms with Crippen LogP contribution < -0.4 is 5.32 Å². The molecule has 0 aromatic rings. The number of hydrogen-bond donors (Lipinski definition) is 1. The number of rotatable bonds is 17. The van der Waals surface area contributed by atoms with Crippen LogP contribution in [0.1, 0.15) is 160 Å². The summed E-state index contributed by atoms with van der Waals surface area (Å²) in [6, 6.07) is 0.0518. The topological polar surface area (TPSA) is 179 Å². The molecule has 5 fully saturated rings. The first-order chi connectivity index (χ1) is 29.1. The molecule has 1 N–H and O–H groups in total. The lowest BCUT2D eigenvalue weighted by Crippen LogP contribution is -2.67. The minimum Gasteiger partial charge on any atom is -0.462 e. The average molecular weight is 876 g/mol. The molecule has 1 saturated heterocycles. The first-order valence-electron chi connectivity index (χ1n) is 23.5.